The van der Waals surface area contributed by atoms with Crippen molar-refractivity contribution in [1.29, 1.82) is 0 Å². The Bertz CT molecular complexity index is 398. The van der Waals surface area contributed by atoms with Gasteiger partial charge in [-0.05, 0) is 28.1 Å². The maximum Gasteiger partial charge on any atom is 0.181 e. The molecule has 0 saturated carbocycles. The number of nitrogens with zero attached hydrogens (tertiary/aromatic N) is 1. The van der Waals surface area contributed by atoms with Crippen molar-refractivity contribution in [2.45, 2.75) is 0 Å². The number of aromatic nitrogens is 1. The van der Waals surface area contributed by atoms with Crippen LogP contribution < -0.4 is 0 Å². The molecule has 2 rings (SSSR count). The predicted molar refractivity (Wildman–Crippen MR) is 41.7 cm³/mol. The summed E-state index contributed by atoms with van der Waals surface area (Å²) in [6.45, 7) is 0. The Kier molecular flexibility index (Phi) is 1.42. The van der Waals surface area contributed by atoms with Gasteiger partial charge in [-0.1, -0.05) is 5.16 Å². The largest absolute Gasteiger partial charge is 0.355 e. The van der Waals surface area contributed by atoms with Gasteiger partial charge in [-0.25, -0.2) is 4.39 Å². The molecule has 0 aliphatic carbocycles. The predicted octanol–water partition coefficient (Wildman–Crippen LogP) is 2.73. The van der Waals surface area contributed by atoms with Gasteiger partial charge in [0.25, 0.3) is 0 Å². The summed E-state index contributed by atoms with van der Waals surface area (Å²) in [6, 6.07) is 2.71. The second-order valence-electron chi connectivity index (χ2n) is 2.13. The molecule has 0 bridgehead atoms. The van der Waals surface area contributed by atoms with E-state index in [9.17, 15) is 4.39 Å². The van der Waals surface area contributed by atoms with E-state index in [1.807, 2.05) is 0 Å². The molecular weight excluding hydrogens is 213 g/mol. The average molecular weight is 216 g/mol. The lowest BCUT2D eigenvalue weighted by Gasteiger charge is -1.90. The number of rotatable bonds is 0. The molecule has 0 spiro atoms. The van der Waals surface area contributed by atoms with Crippen LogP contribution in [-0.4, -0.2) is 5.16 Å². The second-order valence-corrected chi connectivity index (χ2v) is 2.99. The molecule has 0 aliphatic rings. The summed E-state index contributed by atoms with van der Waals surface area (Å²) < 4.78 is 18.1. The van der Waals surface area contributed by atoms with Gasteiger partial charge in [0.05, 0.1) is 10.7 Å². The Morgan fingerprint density at radius 3 is 3.09 bits per heavy atom. The first-order valence-electron chi connectivity index (χ1n) is 2.97. The van der Waals surface area contributed by atoms with Crippen LogP contribution >= 0.6 is 15.9 Å². The number of hydrogen-bond acceptors (Lipinski definition) is 2. The molecule has 1 heterocycles. The summed E-state index contributed by atoms with van der Waals surface area (Å²) in [5.74, 6) is -0.299. The zero-order valence-corrected chi connectivity index (χ0v) is 6.93. The molecule has 1 aromatic heterocycles. The molecule has 0 atom stereocenters. The van der Waals surface area contributed by atoms with Crippen molar-refractivity contribution in [1.82, 2.24) is 5.16 Å². The fraction of sp³-hybridized carbons (Fsp3) is 0. The van der Waals surface area contributed by atoms with Crippen molar-refractivity contribution >= 4 is 26.9 Å². The molecule has 0 unspecified atom stereocenters. The molecule has 0 radical (unpaired) electrons. The van der Waals surface area contributed by atoms with Crippen LogP contribution in [0.4, 0.5) is 4.39 Å². The number of halogens is 2. The monoisotopic (exact) mass is 215 g/mol. The zero-order chi connectivity index (χ0) is 7.84. The van der Waals surface area contributed by atoms with Gasteiger partial charge < -0.3 is 4.52 Å². The third kappa shape index (κ3) is 1.03. The van der Waals surface area contributed by atoms with Gasteiger partial charge in [-0.2, -0.15) is 0 Å². The van der Waals surface area contributed by atoms with E-state index < -0.39 is 0 Å². The minimum absolute atomic E-state index is 0.299. The van der Waals surface area contributed by atoms with Gasteiger partial charge in [0.15, 0.2) is 5.58 Å². The summed E-state index contributed by atoms with van der Waals surface area (Å²) in [5, 5.41) is 4.20. The molecule has 11 heavy (non-hydrogen) atoms. The molecule has 0 fully saturated rings. The third-order valence-electron chi connectivity index (χ3n) is 1.37. The van der Waals surface area contributed by atoms with Crippen molar-refractivity contribution in [2.24, 2.45) is 0 Å². The van der Waals surface area contributed by atoms with Crippen LogP contribution in [0, 0.1) is 5.82 Å². The van der Waals surface area contributed by atoms with Crippen molar-refractivity contribution in [3.8, 4) is 0 Å². The second kappa shape index (κ2) is 2.30. The lowest BCUT2D eigenvalue weighted by molar-refractivity contribution is 0.455. The Morgan fingerprint density at radius 1 is 1.45 bits per heavy atom. The van der Waals surface area contributed by atoms with Gasteiger partial charge in [-0.15, -0.1) is 0 Å². The van der Waals surface area contributed by atoms with Crippen molar-refractivity contribution < 1.29 is 8.91 Å². The molecule has 2 nitrogen and oxygen atoms in total. The van der Waals surface area contributed by atoms with Crippen LogP contribution in [0.3, 0.4) is 0 Å². The molecule has 1 aromatic carbocycles. The van der Waals surface area contributed by atoms with E-state index in [-0.39, 0.29) is 5.82 Å². The van der Waals surface area contributed by atoms with E-state index in [4.69, 9.17) is 4.52 Å². The van der Waals surface area contributed by atoms with Crippen LogP contribution in [0.2, 0.25) is 0 Å². The van der Waals surface area contributed by atoms with E-state index in [0.717, 1.165) is 0 Å². The Morgan fingerprint density at radius 2 is 2.27 bits per heavy atom. The molecule has 0 amide bonds. The van der Waals surface area contributed by atoms with Crippen LogP contribution in [0.5, 0.6) is 0 Å². The minimum Gasteiger partial charge on any atom is -0.355 e. The first-order chi connectivity index (χ1) is 5.27. The highest BCUT2D eigenvalue weighted by molar-refractivity contribution is 9.10. The van der Waals surface area contributed by atoms with E-state index in [1.54, 1.807) is 0 Å². The summed E-state index contributed by atoms with van der Waals surface area (Å²) in [7, 11) is 0. The number of benzene rings is 1. The normalized spacial score (nSPS) is 10.7. The highest BCUT2D eigenvalue weighted by Crippen LogP contribution is 2.24. The van der Waals surface area contributed by atoms with Gasteiger partial charge in [0.2, 0.25) is 0 Å². The third-order valence-corrected chi connectivity index (χ3v) is 1.96. The maximum absolute atomic E-state index is 12.7. The van der Waals surface area contributed by atoms with Gasteiger partial charge >= 0.3 is 0 Å². The molecule has 2 aromatic rings. The summed E-state index contributed by atoms with van der Waals surface area (Å²) >= 11 is 3.15. The summed E-state index contributed by atoms with van der Waals surface area (Å²) in [4.78, 5) is 0. The van der Waals surface area contributed by atoms with Crippen molar-refractivity contribution in [3.63, 3.8) is 0 Å². The first kappa shape index (κ1) is 6.79. The van der Waals surface area contributed by atoms with E-state index >= 15 is 0 Å². The summed E-state index contributed by atoms with van der Waals surface area (Å²) in [6.07, 6.45) is 1.48. The Labute approximate surface area is 70.1 Å². The minimum atomic E-state index is -0.299. The fourth-order valence-corrected chi connectivity index (χ4v) is 1.43. The van der Waals surface area contributed by atoms with Crippen LogP contribution in [0.25, 0.3) is 11.0 Å². The topological polar surface area (TPSA) is 26.0 Å². The molecule has 4 heteroatoms. The quantitative estimate of drug-likeness (QED) is 0.676. The average Bonchev–Trinajstić information content (AvgIpc) is 2.34. The molecule has 56 valence electrons. The zero-order valence-electron chi connectivity index (χ0n) is 5.34. The fourth-order valence-electron chi connectivity index (χ4n) is 0.908. The van der Waals surface area contributed by atoms with Crippen LogP contribution in [0.1, 0.15) is 0 Å². The first-order valence-corrected chi connectivity index (χ1v) is 3.76. The van der Waals surface area contributed by atoms with E-state index in [2.05, 4.69) is 21.1 Å². The highest BCUT2D eigenvalue weighted by Gasteiger charge is 2.04. The summed E-state index contributed by atoms with van der Waals surface area (Å²) in [5.41, 5.74) is 0.575. The molecule has 0 saturated heterocycles. The number of fused-ring (bicyclic) bond motifs is 1. The highest BCUT2D eigenvalue weighted by atomic mass is 79.9. The van der Waals surface area contributed by atoms with E-state index in [0.29, 0.717) is 15.4 Å². The van der Waals surface area contributed by atoms with Crippen LogP contribution in [0.15, 0.2) is 27.3 Å². The molecular formula is C7H3BrFNO. The van der Waals surface area contributed by atoms with E-state index in [1.165, 1.54) is 18.3 Å². The van der Waals surface area contributed by atoms with Crippen molar-refractivity contribution in [2.75, 3.05) is 0 Å². The molecule has 0 aliphatic heterocycles. The van der Waals surface area contributed by atoms with Gasteiger partial charge in [0, 0.05) is 5.39 Å². The molecule has 0 N–H and O–H groups in total. The SMILES string of the molecule is Fc1cc(Br)c2oncc2c1. The van der Waals surface area contributed by atoms with Crippen molar-refractivity contribution in [3.05, 3.63) is 28.6 Å². The van der Waals surface area contributed by atoms with Gasteiger partial charge in [0.1, 0.15) is 5.82 Å². The Hall–Kier alpha value is -0.900. The maximum atomic E-state index is 12.7. The smallest absolute Gasteiger partial charge is 0.181 e. The lowest BCUT2D eigenvalue weighted by atomic mass is 10.3. The van der Waals surface area contributed by atoms with Crippen LogP contribution in [-0.2, 0) is 0 Å². The lowest BCUT2D eigenvalue weighted by Crippen LogP contribution is -1.73. The van der Waals surface area contributed by atoms with Gasteiger partial charge in [-0.3, -0.25) is 0 Å². The number of hydrogen-bond donors (Lipinski definition) is 0. The standard InChI is InChI=1S/C7H3BrFNO/c8-6-2-5(9)1-4-3-10-11-7(4)6/h1-3H. The Balaban J connectivity index is 2.91.